The highest BCUT2D eigenvalue weighted by atomic mass is 19.1. The summed E-state index contributed by atoms with van der Waals surface area (Å²) in [6.07, 6.45) is 10.7. The quantitative estimate of drug-likeness (QED) is 0.244. The first-order chi connectivity index (χ1) is 18.5. The Hall–Kier alpha value is -4.60. The molecule has 1 aliphatic rings. The topological polar surface area (TPSA) is 149 Å². The van der Waals surface area contributed by atoms with Gasteiger partial charge in [0.25, 0.3) is 0 Å². The lowest BCUT2D eigenvalue weighted by Crippen LogP contribution is -2.14. The highest BCUT2D eigenvalue weighted by Gasteiger charge is 2.29. The van der Waals surface area contributed by atoms with E-state index in [2.05, 4.69) is 25.6 Å². The van der Waals surface area contributed by atoms with Gasteiger partial charge in [0.1, 0.15) is 17.8 Å². The van der Waals surface area contributed by atoms with Gasteiger partial charge in [0.15, 0.2) is 0 Å². The van der Waals surface area contributed by atoms with Crippen LogP contribution in [-0.4, -0.2) is 34.2 Å². The van der Waals surface area contributed by atoms with Crippen molar-refractivity contribution in [3.8, 4) is 0 Å². The second-order valence-electron chi connectivity index (χ2n) is 9.59. The lowest BCUT2D eigenvalue weighted by molar-refractivity contribution is -0.117. The number of aromatic nitrogens is 3. The van der Waals surface area contributed by atoms with Crippen LogP contribution in [0.2, 0.25) is 0 Å². The summed E-state index contributed by atoms with van der Waals surface area (Å²) in [4.78, 5) is 34.7. The first kappa shape index (κ1) is 29.0. The summed E-state index contributed by atoms with van der Waals surface area (Å²) in [5.41, 5.74) is 16.0. The first-order valence-corrected chi connectivity index (χ1v) is 12.5. The van der Waals surface area contributed by atoms with Crippen molar-refractivity contribution < 1.29 is 14.0 Å². The maximum Gasteiger partial charge on any atom is 0.228 e. The maximum atomic E-state index is 13.3. The number of alkyl halides is 1. The van der Waals surface area contributed by atoms with Gasteiger partial charge in [-0.1, -0.05) is 0 Å². The Balaban J connectivity index is 0.000000293. The van der Waals surface area contributed by atoms with Gasteiger partial charge in [0.2, 0.25) is 5.91 Å². The van der Waals surface area contributed by atoms with E-state index in [1.807, 2.05) is 26.1 Å². The number of amides is 1. The molecular weight excluding hydrogens is 497 g/mol. The zero-order valence-corrected chi connectivity index (χ0v) is 22.5. The number of rotatable bonds is 8. The van der Waals surface area contributed by atoms with E-state index in [9.17, 15) is 14.0 Å². The Kier molecular flexibility index (Phi) is 9.48. The molecule has 0 saturated heterocycles. The maximum absolute atomic E-state index is 13.3. The molecule has 0 atom stereocenters. The molecule has 10 heteroatoms. The van der Waals surface area contributed by atoms with Gasteiger partial charge in [0, 0.05) is 54.1 Å². The number of pyridine rings is 3. The minimum absolute atomic E-state index is 0.0126. The number of nitrogens with two attached hydrogens (primary N) is 2. The van der Waals surface area contributed by atoms with Crippen molar-refractivity contribution in [2.45, 2.75) is 39.3 Å². The number of anilines is 2. The molecule has 1 aliphatic carbocycles. The third-order valence-electron chi connectivity index (χ3n) is 6.00. The molecule has 0 aliphatic heterocycles. The lowest BCUT2D eigenvalue weighted by Gasteiger charge is -2.12. The molecule has 4 rings (SSSR count). The van der Waals surface area contributed by atoms with E-state index in [1.54, 1.807) is 30.6 Å². The number of aldehydes is 1. The van der Waals surface area contributed by atoms with E-state index in [0.29, 0.717) is 23.4 Å². The zero-order valence-electron chi connectivity index (χ0n) is 22.5. The van der Waals surface area contributed by atoms with Gasteiger partial charge in [-0.25, -0.2) is 9.37 Å². The average molecular weight is 532 g/mol. The number of carbonyl (C=O) groups excluding carboxylic acids is 2. The molecular formula is C29H34FN7O2. The van der Waals surface area contributed by atoms with Gasteiger partial charge in [-0.05, 0) is 81.2 Å². The van der Waals surface area contributed by atoms with Gasteiger partial charge in [0.05, 0.1) is 17.6 Å². The molecule has 0 unspecified atom stereocenters. The molecule has 9 nitrogen and oxygen atoms in total. The van der Waals surface area contributed by atoms with E-state index in [1.165, 1.54) is 32.3 Å². The summed E-state index contributed by atoms with van der Waals surface area (Å²) in [5.74, 6) is 0.634. The van der Waals surface area contributed by atoms with Crippen LogP contribution in [0, 0.1) is 12.8 Å². The Labute approximate surface area is 227 Å². The summed E-state index contributed by atoms with van der Waals surface area (Å²) in [7, 11) is 1.83. The Morgan fingerprint density at radius 3 is 2.46 bits per heavy atom. The largest absolute Gasteiger partial charge is 0.404 e. The highest BCUT2D eigenvalue weighted by Crippen LogP contribution is 2.30. The fourth-order valence-corrected chi connectivity index (χ4v) is 3.53. The molecule has 1 fully saturated rings. The van der Waals surface area contributed by atoms with E-state index in [-0.39, 0.29) is 17.5 Å². The number of hydrogen-bond acceptors (Lipinski definition) is 8. The molecule has 204 valence electrons. The Bertz CT molecular complexity index is 1390. The molecule has 0 radical (unpaired) electrons. The van der Waals surface area contributed by atoms with E-state index >= 15 is 0 Å². The SMILES string of the molecule is CC(C)(F)c1cc(C=O)ccn1.CNc1cnc(C)c(/C(N)=C/C(=C\N)c2ccnc(NC(=O)C3CC3)c2)c1. The average Bonchev–Trinajstić information content (AvgIpc) is 3.78. The van der Waals surface area contributed by atoms with Crippen LogP contribution < -0.4 is 22.1 Å². The predicted molar refractivity (Wildman–Crippen MR) is 152 cm³/mol. The number of hydrogen-bond donors (Lipinski definition) is 4. The molecule has 39 heavy (non-hydrogen) atoms. The molecule has 3 aromatic heterocycles. The van der Waals surface area contributed by atoms with Crippen molar-refractivity contribution in [1.29, 1.82) is 0 Å². The molecule has 6 N–H and O–H groups in total. The molecule has 1 amide bonds. The number of nitrogens with one attached hydrogen (secondary N) is 2. The first-order valence-electron chi connectivity index (χ1n) is 12.5. The standard InChI is InChI=1S/C20H24N6O.C9H10FNO/c1-12-17(9-16(23-2)11-25-12)18(22)7-15(10-21)14-5-6-24-19(8-14)26-20(27)13-3-4-13;1-9(2,10)8-5-7(6-12)3-4-11-8/h5-11,13,23H,3-4,21-22H2,1-2H3,(H,24,26,27);3-6H,1-2H3/b15-10+,18-7-;. The zero-order chi connectivity index (χ0) is 28.6. The second-order valence-corrected chi connectivity index (χ2v) is 9.59. The van der Waals surface area contributed by atoms with Crippen molar-refractivity contribution in [3.05, 3.63) is 89.3 Å². The summed E-state index contributed by atoms with van der Waals surface area (Å²) < 4.78 is 13.3. The minimum atomic E-state index is -1.49. The summed E-state index contributed by atoms with van der Waals surface area (Å²) in [6.45, 7) is 4.72. The van der Waals surface area contributed by atoms with Crippen LogP contribution in [0.25, 0.3) is 11.3 Å². The smallest absolute Gasteiger partial charge is 0.228 e. The summed E-state index contributed by atoms with van der Waals surface area (Å²) in [5, 5.41) is 5.90. The van der Waals surface area contributed by atoms with Crippen molar-refractivity contribution in [2.24, 2.45) is 17.4 Å². The van der Waals surface area contributed by atoms with E-state index in [4.69, 9.17) is 11.5 Å². The second kappa shape index (κ2) is 12.8. The van der Waals surface area contributed by atoms with Gasteiger partial charge < -0.3 is 22.1 Å². The van der Waals surface area contributed by atoms with Crippen LogP contribution in [0.4, 0.5) is 15.9 Å². The lowest BCUT2D eigenvalue weighted by atomic mass is 10.0. The monoisotopic (exact) mass is 531 g/mol. The molecule has 0 spiro atoms. The summed E-state index contributed by atoms with van der Waals surface area (Å²) in [6, 6.07) is 8.55. The highest BCUT2D eigenvalue weighted by molar-refractivity contribution is 5.94. The van der Waals surface area contributed by atoms with Crippen LogP contribution in [0.3, 0.4) is 0 Å². The molecule has 3 aromatic rings. The normalized spacial score (nSPS) is 13.7. The number of nitrogens with zero attached hydrogens (tertiary/aromatic N) is 3. The fraction of sp³-hybridized carbons (Fsp3) is 0.276. The number of halogens is 1. The van der Waals surface area contributed by atoms with Gasteiger partial charge in [-0.3, -0.25) is 19.6 Å². The van der Waals surface area contributed by atoms with Crippen LogP contribution in [0.5, 0.6) is 0 Å². The van der Waals surface area contributed by atoms with Crippen molar-refractivity contribution in [3.63, 3.8) is 0 Å². The van der Waals surface area contributed by atoms with Crippen LogP contribution in [0.15, 0.2) is 61.2 Å². The van der Waals surface area contributed by atoms with Gasteiger partial charge in [-0.2, -0.15) is 0 Å². The predicted octanol–water partition coefficient (Wildman–Crippen LogP) is 4.57. The van der Waals surface area contributed by atoms with Gasteiger partial charge >= 0.3 is 0 Å². The fourth-order valence-electron chi connectivity index (χ4n) is 3.53. The van der Waals surface area contributed by atoms with Crippen molar-refractivity contribution in [1.82, 2.24) is 15.0 Å². The van der Waals surface area contributed by atoms with Gasteiger partial charge in [-0.15, -0.1) is 0 Å². The molecule has 3 heterocycles. The Morgan fingerprint density at radius 1 is 1.13 bits per heavy atom. The number of carbonyl (C=O) groups is 2. The third kappa shape index (κ3) is 8.19. The number of allylic oxidation sites excluding steroid dienone is 2. The van der Waals surface area contributed by atoms with E-state index in [0.717, 1.165) is 40.9 Å². The molecule has 1 saturated carbocycles. The van der Waals surface area contributed by atoms with Crippen LogP contribution in [-0.2, 0) is 10.5 Å². The van der Waals surface area contributed by atoms with Crippen molar-refractivity contribution in [2.75, 3.05) is 17.7 Å². The van der Waals surface area contributed by atoms with E-state index < -0.39 is 5.67 Å². The molecule has 0 bridgehead atoms. The minimum Gasteiger partial charge on any atom is -0.404 e. The Morgan fingerprint density at radius 2 is 1.85 bits per heavy atom. The number of aryl methyl sites for hydroxylation is 1. The van der Waals surface area contributed by atoms with Crippen LogP contribution >= 0.6 is 0 Å². The summed E-state index contributed by atoms with van der Waals surface area (Å²) >= 11 is 0. The third-order valence-corrected chi connectivity index (χ3v) is 6.00. The molecule has 0 aromatic carbocycles. The van der Waals surface area contributed by atoms with Crippen molar-refractivity contribution >= 4 is 35.0 Å². The van der Waals surface area contributed by atoms with Crippen LogP contribution in [0.1, 0.15) is 59.6 Å².